The molecule has 1 N–H and O–H groups in total. The number of hydrogen-bond acceptors (Lipinski definition) is 2. The number of carbonyl (C=O) groups is 1. The van der Waals surface area contributed by atoms with E-state index in [1.807, 2.05) is 0 Å². The first-order chi connectivity index (χ1) is 9.27. The summed E-state index contributed by atoms with van der Waals surface area (Å²) in [6.07, 6.45) is -4.57. The summed E-state index contributed by atoms with van der Waals surface area (Å²) in [6.45, 7) is 0. The second-order valence-electron chi connectivity index (χ2n) is 3.75. The van der Waals surface area contributed by atoms with Gasteiger partial charge in [0.2, 0.25) is 0 Å². The van der Waals surface area contributed by atoms with E-state index in [0.717, 1.165) is 15.9 Å². The average molecular weight is 385 g/mol. The van der Waals surface area contributed by atoms with Gasteiger partial charge in [0.25, 0.3) is 5.91 Å². The molecular weight excluding hydrogens is 379 g/mol. The molecule has 0 spiro atoms. The quantitative estimate of drug-likeness (QED) is 0.734. The van der Waals surface area contributed by atoms with E-state index < -0.39 is 22.7 Å². The first-order valence-corrected chi connectivity index (χ1v) is 7.19. The highest BCUT2D eigenvalue weighted by Gasteiger charge is 2.33. The highest BCUT2D eigenvalue weighted by atomic mass is 79.9. The van der Waals surface area contributed by atoms with Gasteiger partial charge >= 0.3 is 6.18 Å². The van der Waals surface area contributed by atoms with Crippen LogP contribution in [0.25, 0.3) is 0 Å². The third-order valence-electron chi connectivity index (χ3n) is 2.33. The summed E-state index contributed by atoms with van der Waals surface area (Å²) < 4.78 is 38.8. The van der Waals surface area contributed by atoms with E-state index in [4.69, 9.17) is 11.6 Å². The lowest BCUT2D eigenvalue weighted by Crippen LogP contribution is -2.12. The second kappa shape index (κ2) is 5.75. The summed E-state index contributed by atoms with van der Waals surface area (Å²) in [5.74, 6) is -0.476. The van der Waals surface area contributed by atoms with Gasteiger partial charge in [-0.25, -0.2) is 0 Å². The Bertz CT molecular complexity index is 656. The Labute approximate surface area is 129 Å². The molecule has 106 valence electrons. The van der Waals surface area contributed by atoms with Crippen molar-refractivity contribution in [3.05, 3.63) is 49.6 Å². The van der Waals surface area contributed by atoms with E-state index in [1.165, 1.54) is 17.4 Å². The highest BCUT2D eigenvalue weighted by Crippen LogP contribution is 2.36. The molecule has 0 aliphatic heterocycles. The molecule has 2 aromatic rings. The van der Waals surface area contributed by atoms with Gasteiger partial charge in [-0.1, -0.05) is 11.6 Å². The smallest absolute Gasteiger partial charge is 0.321 e. The Balaban J connectivity index is 2.24. The van der Waals surface area contributed by atoms with E-state index in [0.29, 0.717) is 4.88 Å². The van der Waals surface area contributed by atoms with Crippen LogP contribution in [0.4, 0.5) is 18.9 Å². The van der Waals surface area contributed by atoms with Crippen LogP contribution in [0.15, 0.2) is 34.1 Å². The number of halogens is 5. The maximum absolute atomic E-state index is 12.7. The molecule has 0 atom stereocenters. The van der Waals surface area contributed by atoms with Crippen LogP contribution in [0, 0.1) is 0 Å². The highest BCUT2D eigenvalue weighted by molar-refractivity contribution is 9.11. The van der Waals surface area contributed by atoms with Crippen molar-refractivity contribution in [2.45, 2.75) is 6.18 Å². The van der Waals surface area contributed by atoms with Crippen molar-refractivity contribution in [2.24, 2.45) is 0 Å². The molecule has 1 aromatic heterocycles. The predicted molar refractivity (Wildman–Crippen MR) is 76.4 cm³/mol. The summed E-state index contributed by atoms with van der Waals surface area (Å²) >= 11 is 9.89. The molecule has 2 rings (SSSR count). The SMILES string of the molecule is O=C(Nc1ccc(Cl)c(C(F)(F)F)c1)c1ccc(Br)s1. The molecule has 20 heavy (non-hydrogen) atoms. The Hall–Kier alpha value is -1.05. The first kappa shape index (κ1) is 15.3. The lowest BCUT2D eigenvalue weighted by Gasteiger charge is -2.11. The molecule has 0 saturated heterocycles. The number of benzene rings is 1. The standard InChI is InChI=1S/C12H6BrClF3NOS/c13-10-4-3-9(20-10)11(19)18-6-1-2-8(14)7(5-6)12(15,16)17/h1-5H,(H,18,19). The van der Waals surface area contributed by atoms with Crippen LogP contribution in [-0.4, -0.2) is 5.91 Å². The number of alkyl halides is 3. The van der Waals surface area contributed by atoms with Crippen LogP contribution in [0.5, 0.6) is 0 Å². The second-order valence-corrected chi connectivity index (χ2v) is 6.62. The fraction of sp³-hybridized carbons (Fsp3) is 0.0833. The largest absolute Gasteiger partial charge is 0.417 e. The normalized spacial score (nSPS) is 11.4. The predicted octanol–water partition coefficient (Wildman–Crippen LogP) is 5.44. The lowest BCUT2D eigenvalue weighted by molar-refractivity contribution is -0.137. The summed E-state index contributed by atoms with van der Waals surface area (Å²) in [7, 11) is 0. The maximum atomic E-state index is 12.7. The van der Waals surface area contributed by atoms with Crippen LogP contribution >= 0.6 is 38.9 Å². The van der Waals surface area contributed by atoms with Gasteiger partial charge in [-0.15, -0.1) is 11.3 Å². The monoisotopic (exact) mass is 383 g/mol. The number of thiophene rings is 1. The summed E-state index contributed by atoms with van der Waals surface area (Å²) in [5, 5.41) is 2.00. The van der Waals surface area contributed by atoms with Gasteiger partial charge in [0, 0.05) is 5.69 Å². The van der Waals surface area contributed by atoms with E-state index in [2.05, 4.69) is 21.2 Å². The first-order valence-electron chi connectivity index (χ1n) is 5.21. The Morgan fingerprint density at radius 1 is 1.25 bits per heavy atom. The molecule has 0 aliphatic carbocycles. The fourth-order valence-corrected chi connectivity index (χ4v) is 2.96. The minimum absolute atomic E-state index is 0.0382. The molecule has 1 aromatic carbocycles. The molecule has 0 saturated carbocycles. The molecule has 0 bridgehead atoms. The van der Waals surface area contributed by atoms with Crippen molar-refractivity contribution in [3.63, 3.8) is 0 Å². The van der Waals surface area contributed by atoms with Crippen molar-refractivity contribution in [1.82, 2.24) is 0 Å². The van der Waals surface area contributed by atoms with Crippen molar-refractivity contribution in [2.75, 3.05) is 5.32 Å². The van der Waals surface area contributed by atoms with Crippen LogP contribution in [0.3, 0.4) is 0 Å². The third-order valence-corrected chi connectivity index (χ3v) is 4.28. The van der Waals surface area contributed by atoms with E-state index >= 15 is 0 Å². The van der Waals surface area contributed by atoms with Crippen LogP contribution in [0.1, 0.15) is 15.2 Å². The van der Waals surface area contributed by atoms with Gasteiger partial charge < -0.3 is 5.32 Å². The van der Waals surface area contributed by atoms with Crippen molar-refractivity contribution in [3.8, 4) is 0 Å². The van der Waals surface area contributed by atoms with Gasteiger partial charge in [-0.3, -0.25) is 4.79 Å². The molecule has 2 nitrogen and oxygen atoms in total. The summed E-state index contributed by atoms with van der Waals surface area (Å²) in [4.78, 5) is 12.2. The fourth-order valence-electron chi connectivity index (χ4n) is 1.45. The molecule has 1 heterocycles. The zero-order valence-electron chi connectivity index (χ0n) is 9.59. The van der Waals surface area contributed by atoms with Gasteiger partial charge in [0.1, 0.15) is 0 Å². The number of rotatable bonds is 2. The average Bonchev–Trinajstić information content (AvgIpc) is 2.77. The van der Waals surface area contributed by atoms with E-state index in [1.54, 1.807) is 12.1 Å². The van der Waals surface area contributed by atoms with E-state index in [9.17, 15) is 18.0 Å². The molecule has 0 radical (unpaired) electrons. The zero-order chi connectivity index (χ0) is 14.9. The molecule has 0 fully saturated rings. The van der Waals surface area contributed by atoms with Crippen LogP contribution in [0.2, 0.25) is 5.02 Å². The number of hydrogen-bond donors (Lipinski definition) is 1. The maximum Gasteiger partial charge on any atom is 0.417 e. The molecule has 8 heteroatoms. The Kier molecular flexibility index (Phi) is 4.41. The van der Waals surface area contributed by atoms with Crippen molar-refractivity contribution < 1.29 is 18.0 Å². The van der Waals surface area contributed by atoms with Gasteiger partial charge in [-0.05, 0) is 46.3 Å². The van der Waals surface area contributed by atoms with Crippen LogP contribution in [-0.2, 0) is 6.18 Å². The molecule has 0 aliphatic rings. The summed E-state index contributed by atoms with van der Waals surface area (Å²) in [6, 6.07) is 6.48. The number of amides is 1. The number of anilines is 1. The Morgan fingerprint density at radius 2 is 1.95 bits per heavy atom. The van der Waals surface area contributed by atoms with Gasteiger partial charge in [0.15, 0.2) is 0 Å². The Morgan fingerprint density at radius 3 is 2.50 bits per heavy atom. The number of carbonyl (C=O) groups excluding carboxylic acids is 1. The summed E-state index contributed by atoms with van der Waals surface area (Å²) in [5.41, 5.74) is -0.944. The van der Waals surface area contributed by atoms with Gasteiger partial charge in [-0.2, -0.15) is 13.2 Å². The number of nitrogens with one attached hydrogen (secondary N) is 1. The van der Waals surface area contributed by atoms with Crippen molar-refractivity contribution >= 4 is 50.5 Å². The van der Waals surface area contributed by atoms with Crippen molar-refractivity contribution in [1.29, 1.82) is 0 Å². The van der Waals surface area contributed by atoms with E-state index in [-0.39, 0.29) is 5.69 Å². The minimum Gasteiger partial charge on any atom is -0.321 e. The van der Waals surface area contributed by atoms with Crippen LogP contribution < -0.4 is 5.32 Å². The lowest BCUT2D eigenvalue weighted by atomic mass is 10.2. The third kappa shape index (κ3) is 3.53. The molecule has 0 unspecified atom stereocenters. The topological polar surface area (TPSA) is 29.1 Å². The minimum atomic E-state index is -4.57. The zero-order valence-corrected chi connectivity index (χ0v) is 12.8. The van der Waals surface area contributed by atoms with Gasteiger partial charge in [0.05, 0.1) is 19.2 Å². The molecule has 1 amide bonds. The molecular formula is C12H6BrClF3NOS.